The van der Waals surface area contributed by atoms with E-state index in [2.05, 4.69) is 44.8 Å². The van der Waals surface area contributed by atoms with Crippen LogP contribution in [0.5, 0.6) is 0 Å². The number of likely N-dealkylation sites (tertiary alicyclic amines) is 1. The van der Waals surface area contributed by atoms with Crippen LogP contribution in [0.1, 0.15) is 66.7 Å². The first kappa shape index (κ1) is 17.5. The van der Waals surface area contributed by atoms with Crippen LogP contribution in [0.2, 0.25) is 0 Å². The normalized spacial score (nSPS) is 21.6. The average molecular weight is 282 g/mol. The molecule has 0 aromatic rings. The molecule has 2 atom stereocenters. The molecule has 0 radical (unpaired) electrons. The summed E-state index contributed by atoms with van der Waals surface area (Å²) in [5.41, 5.74) is 0.249. The van der Waals surface area contributed by atoms with Gasteiger partial charge in [-0.05, 0) is 43.6 Å². The predicted octanol–water partition coefficient (Wildman–Crippen LogP) is 3.44. The molecule has 0 aliphatic carbocycles. The van der Waals surface area contributed by atoms with Gasteiger partial charge in [0.2, 0.25) is 5.91 Å². The number of nitrogens with one attached hydrogen (secondary N) is 1. The van der Waals surface area contributed by atoms with E-state index in [0.29, 0.717) is 17.9 Å². The van der Waals surface area contributed by atoms with E-state index in [9.17, 15) is 4.79 Å². The van der Waals surface area contributed by atoms with Crippen LogP contribution in [-0.4, -0.2) is 36.5 Å². The molecule has 1 fully saturated rings. The summed E-state index contributed by atoms with van der Waals surface area (Å²) in [4.78, 5) is 14.1. The van der Waals surface area contributed by atoms with E-state index in [1.807, 2.05) is 0 Å². The highest BCUT2D eigenvalue weighted by atomic mass is 16.2. The summed E-state index contributed by atoms with van der Waals surface area (Å²) < 4.78 is 0. The van der Waals surface area contributed by atoms with E-state index in [1.165, 1.54) is 19.3 Å². The molecule has 118 valence electrons. The molecule has 0 bridgehead atoms. The number of carbonyl (C=O) groups excluding carboxylic acids is 1. The number of amides is 1. The van der Waals surface area contributed by atoms with E-state index in [-0.39, 0.29) is 5.41 Å². The molecule has 1 aliphatic rings. The zero-order valence-corrected chi connectivity index (χ0v) is 14.2. The van der Waals surface area contributed by atoms with Gasteiger partial charge in [-0.1, -0.05) is 34.6 Å². The maximum Gasteiger partial charge on any atom is 0.222 e. The van der Waals surface area contributed by atoms with Crippen LogP contribution in [0.15, 0.2) is 0 Å². The fourth-order valence-electron chi connectivity index (χ4n) is 2.90. The van der Waals surface area contributed by atoms with Gasteiger partial charge in [0.05, 0.1) is 0 Å². The van der Waals surface area contributed by atoms with Gasteiger partial charge in [-0.25, -0.2) is 0 Å². The molecule has 0 aromatic carbocycles. The van der Waals surface area contributed by atoms with Gasteiger partial charge in [0.15, 0.2) is 0 Å². The molecular formula is C17H34N2O. The summed E-state index contributed by atoms with van der Waals surface area (Å²) >= 11 is 0. The monoisotopic (exact) mass is 282 g/mol. The second-order valence-corrected chi connectivity index (χ2v) is 7.31. The predicted molar refractivity (Wildman–Crippen MR) is 85.7 cm³/mol. The van der Waals surface area contributed by atoms with Crippen molar-refractivity contribution in [2.24, 2.45) is 11.3 Å². The molecule has 1 N–H and O–H groups in total. The Labute approximate surface area is 125 Å². The van der Waals surface area contributed by atoms with E-state index in [4.69, 9.17) is 0 Å². The Morgan fingerprint density at radius 3 is 2.55 bits per heavy atom. The fraction of sp³-hybridized carbons (Fsp3) is 0.941. The van der Waals surface area contributed by atoms with Crippen molar-refractivity contribution < 1.29 is 4.79 Å². The standard InChI is InChI=1S/C17H34N2O/c1-6-10-18-15(7-2)9-8-11-19-13-14(12-16(19)20)17(3,4)5/h14-15,18H,6-13H2,1-5H3. The van der Waals surface area contributed by atoms with E-state index >= 15 is 0 Å². The van der Waals surface area contributed by atoms with Gasteiger partial charge in [-0.15, -0.1) is 0 Å². The Hall–Kier alpha value is -0.570. The van der Waals surface area contributed by atoms with Gasteiger partial charge >= 0.3 is 0 Å². The molecule has 1 aliphatic heterocycles. The average Bonchev–Trinajstić information content (AvgIpc) is 2.75. The molecule has 2 unspecified atom stereocenters. The summed E-state index contributed by atoms with van der Waals surface area (Å²) in [5, 5.41) is 3.59. The number of rotatable bonds is 8. The zero-order valence-electron chi connectivity index (χ0n) is 14.2. The zero-order chi connectivity index (χ0) is 15.2. The van der Waals surface area contributed by atoms with Crippen molar-refractivity contribution in [1.82, 2.24) is 10.2 Å². The largest absolute Gasteiger partial charge is 0.342 e. The first-order valence-corrected chi connectivity index (χ1v) is 8.39. The first-order valence-electron chi connectivity index (χ1n) is 8.39. The molecule has 3 nitrogen and oxygen atoms in total. The van der Waals surface area contributed by atoms with Crippen LogP contribution in [0.25, 0.3) is 0 Å². The number of hydrogen-bond donors (Lipinski definition) is 1. The highest BCUT2D eigenvalue weighted by Crippen LogP contribution is 2.34. The topological polar surface area (TPSA) is 32.3 Å². The smallest absolute Gasteiger partial charge is 0.222 e. The number of hydrogen-bond acceptors (Lipinski definition) is 2. The van der Waals surface area contributed by atoms with Crippen LogP contribution in [0, 0.1) is 11.3 Å². The summed E-state index contributed by atoms with van der Waals surface area (Å²) in [7, 11) is 0. The summed E-state index contributed by atoms with van der Waals surface area (Å²) in [6.45, 7) is 14.2. The van der Waals surface area contributed by atoms with Crippen molar-refractivity contribution in [3.05, 3.63) is 0 Å². The van der Waals surface area contributed by atoms with Crippen LogP contribution in [-0.2, 0) is 4.79 Å². The molecule has 20 heavy (non-hydrogen) atoms. The van der Waals surface area contributed by atoms with E-state index in [1.54, 1.807) is 0 Å². The van der Waals surface area contributed by atoms with Crippen molar-refractivity contribution >= 4 is 5.91 Å². The SMILES string of the molecule is CCCNC(CC)CCCN1CC(C(C)(C)C)CC1=O. The molecule has 0 aromatic heterocycles. The Bertz CT molecular complexity index is 296. The highest BCUT2D eigenvalue weighted by molar-refractivity contribution is 5.78. The highest BCUT2D eigenvalue weighted by Gasteiger charge is 2.36. The van der Waals surface area contributed by atoms with Crippen LogP contribution in [0.3, 0.4) is 0 Å². The maximum atomic E-state index is 12.1. The lowest BCUT2D eigenvalue weighted by molar-refractivity contribution is -0.127. The minimum atomic E-state index is 0.249. The van der Waals surface area contributed by atoms with E-state index < -0.39 is 0 Å². The molecule has 3 heteroatoms. The van der Waals surface area contributed by atoms with Gasteiger partial charge < -0.3 is 10.2 Å². The molecule has 0 saturated carbocycles. The van der Waals surface area contributed by atoms with Crippen LogP contribution in [0.4, 0.5) is 0 Å². The lowest BCUT2D eigenvalue weighted by Crippen LogP contribution is -2.32. The second-order valence-electron chi connectivity index (χ2n) is 7.31. The Morgan fingerprint density at radius 1 is 1.35 bits per heavy atom. The molecule has 1 rings (SSSR count). The van der Waals surface area contributed by atoms with Gasteiger partial charge in [0, 0.05) is 25.6 Å². The Kier molecular flexibility index (Phi) is 7.01. The maximum absolute atomic E-state index is 12.1. The van der Waals surface area contributed by atoms with Crippen molar-refractivity contribution in [1.29, 1.82) is 0 Å². The third kappa shape index (κ3) is 5.43. The molecule has 0 spiro atoms. The Morgan fingerprint density at radius 2 is 2.05 bits per heavy atom. The lowest BCUT2D eigenvalue weighted by Gasteiger charge is -2.26. The second kappa shape index (κ2) is 8.02. The van der Waals surface area contributed by atoms with Crippen molar-refractivity contribution in [3.63, 3.8) is 0 Å². The van der Waals surface area contributed by atoms with Gasteiger partial charge in [0.1, 0.15) is 0 Å². The van der Waals surface area contributed by atoms with Crippen molar-refractivity contribution in [2.75, 3.05) is 19.6 Å². The molecule has 1 amide bonds. The van der Waals surface area contributed by atoms with Crippen molar-refractivity contribution in [2.45, 2.75) is 72.8 Å². The van der Waals surface area contributed by atoms with Crippen LogP contribution < -0.4 is 5.32 Å². The quantitative estimate of drug-likeness (QED) is 0.739. The minimum Gasteiger partial charge on any atom is -0.342 e. The summed E-state index contributed by atoms with van der Waals surface area (Å²) in [6, 6.07) is 0.617. The van der Waals surface area contributed by atoms with Gasteiger partial charge in [-0.2, -0.15) is 0 Å². The minimum absolute atomic E-state index is 0.249. The number of carbonyl (C=O) groups is 1. The van der Waals surface area contributed by atoms with E-state index in [0.717, 1.165) is 32.5 Å². The third-order valence-corrected chi connectivity index (χ3v) is 4.60. The fourth-order valence-corrected chi connectivity index (χ4v) is 2.90. The summed E-state index contributed by atoms with van der Waals surface area (Å²) in [5.74, 6) is 0.884. The van der Waals surface area contributed by atoms with Crippen LogP contribution >= 0.6 is 0 Å². The molecular weight excluding hydrogens is 248 g/mol. The lowest BCUT2D eigenvalue weighted by atomic mass is 9.80. The Balaban J connectivity index is 2.30. The van der Waals surface area contributed by atoms with Gasteiger partial charge in [-0.3, -0.25) is 4.79 Å². The first-order chi connectivity index (χ1) is 9.38. The summed E-state index contributed by atoms with van der Waals surface area (Å²) in [6.07, 6.45) is 5.42. The van der Waals surface area contributed by atoms with Crippen molar-refractivity contribution in [3.8, 4) is 0 Å². The van der Waals surface area contributed by atoms with Gasteiger partial charge in [0.25, 0.3) is 0 Å². The number of nitrogens with zero attached hydrogens (tertiary/aromatic N) is 1. The third-order valence-electron chi connectivity index (χ3n) is 4.60. The molecule has 1 saturated heterocycles. The molecule has 1 heterocycles.